The van der Waals surface area contributed by atoms with E-state index in [0.717, 1.165) is 94.4 Å². The van der Waals surface area contributed by atoms with E-state index in [4.69, 9.17) is 14.7 Å². The molecule has 2 aliphatic rings. The number of aromatic nitrogens is 3. The normalized spacial score (nSPS) is 12.7. The summed E-state index contributed by atoms with van der Waals surface area (Å²) >= 11 is 0. The fourth-order valence-corrected chi connectivity index (χ4v) is 9.52. The molecule has 0 saturated heterocycles. The number of aromatic hydroxyl groups is 1. The van der Waals surface area contributed by atoms with Gasteiger partial charge in [0.2, 0.25) is 0 Å². The molecule has 3 aromatic heterocycles. The molecule has 0 saturated carbocycles. The second-order valence-corrected chi connectivity index (χ2v) is 16.6. The van der Waals surface area contributed by atoms with Gasteiger partial charge >= 0.3 is 0 Å². The molecule has 59 heavy (non-hydrogen) atoms. The zero-order valence-corrected chi connectivity index (χ0v) is 34.8. The van der Waals surface area contributed by atoms with Gasteiger partial charge in [0.05, 0.1) is 21.9 Å². The summed E-state index contributed by atoms with van der Waals surface area (Å²) in [4.78, 5) is 10.4. The summed E-state index contributed by atoms with van der Waals surface area (Å²) in [5.74, 6) is 1.85. The van der Waals surface area contributed by atoms with Crippen molar-refractivity contribution in [1.82, 2.24) is 14.4 Å². The summed E-state index contributed by atoms with van der Waals surface area (Å²) in [5.41, 5.74) is 15.6. The van der Waals surface area contributed by atoms with Crippen LogP contribution in [0.5, 0.6) is 17.2 Å². The number of hydrogen-bond donors (Lipinski definition) is 1. The Morgan fingerprint density at radius 1 is 0.678 bits per heavy atom. The third-order valence-corrected chi connectivity index (χ3v) is 12.2. The number of benzene rings is 7. The van der Waals surface area contributed by atoms with Gasteiger partial charge in [-0.25, -0.2) is 4.98 Å². The van der Waals surface area contributed by atoms with Crippen molar-refractivity contribution >= 4 is 61.5 Å². The summed E-state index contributed by atoms with van der Waals surface area (Å²) < 4.78 is 9.18. The molecule has 0 amide bonds. The van der Waals surface area contributed by atoms with Crippen molar-refractivity contribution in [2.75, 3.05) is 0 Å². The predicted molar refractivity (Wildman–Crippen MR) is 238 cm³/mol. The molecule has 1 N–H and O–H groups in total. The number of phenols is 1. The van der Waals surface area contributed by atoms with E-state index in [1.165, 1.54) is 11.0 Å². The van der Waals surface area contributed by atoms with Crippen LogP contribution in [0.2, 0.25) is 0 Å². The maximum atomic E-state index is 12.8. The van der Waals surface area contributed by atoms with Crippen LogP contribution in [0.3, 0.4) is 0 Å². The molecule has 12 rings (SSSR count). The van der Waals surface area contributed by atoms with E-state index >= 15 is 0 Å². The third-order valence-electron chi connectivity index (χ3n) is 12.2. The summed E-state index contributed by atoms with van der Waals surface area (Å²) in [5, 5.41) is 15.3. The molecular formula is C52H35BN3O2Pt-. The summed E-state index contributed by atoms with van der Waals surface area (Å²) in [7, 11) is 0. The van der Waals surface area contributed by atoms with E-state index in [1.807, 2.05) is 18.3 Å². The number of pyridine rings is 2. The van der Waals surface area contributed by atoms with Gasteiger partial charge in [-0.05, 0) is 57.3 Å². The van der Waals surface area contributed by atoms with Gasteiger partial charge in [-0.1, -0.05) is 147 Å². The van der Waals surface area contributed by atoms with Crippen LogP contribution in [0.1, 0.15) is 26.3 Å². The van der Waals surface area contributed by atoms with Crippen molar-refractivity contribution in [2.24, 2.45) is 0 Å². The molecule has 0 bridgehead atoms. The standard InChI is InChI=1S/C52H35BN3O2.Pt/c1-52(2,3)34-27-32(26-33(28-34)40-29-31(24-25-54-40)30-14-5-4-6-15-30)35-18-13-22-42-48(35)55-51-46-44(37-17-8-11-21-41(37)56(42)51)50-47-45(49(46)57)36-16-7-9-19-38(36)53(47)39-20-10-12-23-43(39)58-50;/h4-25,27-29,57H,1-3H3;/q-1;. The Hall–Kier alpha value is -6.49. The third kappa shape index (κ3) is 5.16. The molecule has 7 heteroatoms. The fraction of sp³-hybridized carbons (Fsp3) is 0.0769. The molecule has 0 spiro atoms. The van der Waals surface area contributed by atoms with E-state index < -0.39 is 0 Å². The fourth-order valence-electron chi connectivity index (χ4n) is 9.52. The Morgan fingerprint density at radius 2 is 1.39 bits per heavy atom. The van der Waals surface area contributed by atoms with Crippen molar-refractivity contribution in [3.05, 3.63) is 163 Å². The second-order valence-electron chi connectivity index (χ2n) is 16.6. The maximum Gasteiger partial charge on any atom is 0.252 e. The number of nitrogens with zero attached hydrogens (tertiary/aromatic N) is 3. The van der Waals surface area contributed by atoms with Gasteiger partial charge in [0.15, 0.2) is 0 Å². The average Bonchev–Trinajstić information content (AvgIpc) is 3.83. The van der Waals surface area contributed by atoms with Crippen LogP contribution >= 0.6 is 0 Å². The van der Waals surface area contributed by atoms with E-state index in [9.17, 15) is 5.11 Å². The molecule has 0 aliphatic carbocycles. The molecule has 284 valence electrons. The van der Waals surface area contributed by atoms with Crippen LogP contribution in [0, 0.1) is 6.07 Å². The Kier molecular flexibility index (Phi) is 7.86. The van der Waals surface area contributed by atoms with Crippen LogP contribution in [-0.2, 0) is 26.5 Å². The van der Waals surface area contributed by atoms with Gasteiger partial charge in [-0.15, -0.1) is 29.3 Å². The minimum atomic E-state index is -0.144. The number of para-hydroxylation sites is 3. The van der Waals surface area contributed by atoms with Gasteiger partial charge in [-0.2, -0.15) is 0 Å². The quantitative estimate of drug-likeness (QED) is 0.109. The number of hydrogen-bond acceptors (Lipinski definition) is 4. The Bertz CT molecular complexity index is 3390. The molecule has 10 aromatic rings. The zero-order chi connectivity index (χ0) is 38.9. The molecular weight excluding hydrogens is 904 g/mol. The monoisotopic (exact) mass is 939 g/mol. The molecule has 2 aliphatic heterocycles. The van der Waals surface area contributed by atoms with Crippen LogP contribution in [0.25, 0.3) is 83.0 Å². The molecule has 7 aromatic carbocycles. The molecule has 5 heterocycles. The molecule has 0 unspecified atom stereocenters. The first kappa shape index (κ1) is 35.7. The van der Waals surface area contributed by atoms with Gasteiger partial charge in [0.1, 0.15) is 22.9 Å². The molecule has 0 atom stereocenters. The van der Waals surface area contributed by atoms with Crippen LogP contribution in [-0.4, -0.2) is 26.2 Å². The largest absolute Gasteiger partial charge is 0.507 e. The van der Waals surface area contributed by atoms with Crippen molar-refractivity contribution in [1.29, 1.82) is 0 Å². The SMILES string of the molecule is CC(C)(C)c1cc(-c2cc(-c3ccccc3)ccn2)[c-]c(-c2cccc3c2nc2c4c(O)c5c6c(c4c4ccccc4n32)Oc2ccccc2B6c2ccccc2-5)c1.[Pt]. The number of fused-ring (bicyclic) bond motifs is 14. The number of rotatable bonds is 3. The summed E-state index contributed by atoms with van der Waals surface area (Å²) in [6.45, 7) is 6.67. The van der Waals surface area contributed by atoms with Crippen LogP contribution in [0.15, 0.2) is 152 Å². The van der Waals surface area contributed by atoms with Gasteiger partial charge in [0.25, 0.3) is 6.71 Å². The molecule has 0 radical (unpaired) electrons. The van der Waals surface area contributed by atoms with Gasteiger partial charge in [-0.3, -0.25) is 9.38 Å². The topological polar surface area (TPSA) is 59.7 Å². The van der Waals surface area contributed by atoms with Crippen LogP contribution in [0.4, 0.5) is 0 Å². The first-order chi connectivity index (χ1) is 28.3. The summed E-state index contributed by atoms with van der Waals surface area (Å²) in [6.07, 6.45) is 1.88. The molecule has 5 nitrogen and oxygen atoms in total. The van der Waals surface area contributed by atoms with E-state index in [0.29, 0.717) is 11.0 Å². The van der Waals surface area contributed by atoms with E-state index in [2.05, 4.69) is 165 Å². The molecule has 0 fully saturated rings. The number of imidazole rings is 1. The van der Waals surface area contributed by atoms with Crippen LogP contribution < -0.4 is 21.1 Å². The predicted octanol–water partition coefficient (Wildman–Crippen LogP) is 10.6. The number of phenolic OH excluding ortho intramolecular Hbond substituents is 1. The van der Waals surface area contributed by atoms with E-state index in [1.54, 1.807) is 0 Å². The van der Waals surface area contributed by atoms with Gasteiger partial charge < -0.3 is 9.84 Å². The first-order valence-electron chi connectivity index (χ1n) is 19.8. The maximum absolute atomic E-state index is 12.8. The second kappa shape index (κ2) is 13.0. The Labute approximate surface area is 356 Å². The minimum absolute atomic E-state index is 0. The van der Waals surface area contributed by atoms with Crippen molar-refractivity contribution in [3.8, 4) is 61.9 Å². The average molecular weight is 940 g/mol. The van der Waals surface area contributed by atoms with Crippen molar-refractivity contribution in [3.63, 3.8) is 0 Å². The smallest absolute Gasteiger partial charge is 0.252 e. The Balaban J connectivity index is 0.00000397. The number of ether oxygens (including phenoxy) is 1. The summed E-state index contributed by atoms with van der Waals surface area (Å²) in [6, 6.07) is 54.4. The van der Waals surface area contributed by atoms with Crippen molar-refractivity contribution < 1.29 is 30.9 Å². The van der Waals surface area contributed by atoms with Crippen molar-refractivity contribution in [2.45, 2.75) is 26.2 Å². The Morgan fingerprint density at radius 3 is 2.24 bits per heavy atom. The minimum Gasteiger partial charge on any atom is -0.507 e. The van der Waals surface area contributed by atoms with Gasteiger partial charge in [0, 0.05) is 49.3 Å². The van der Waals surface area contributed by atoms with E-state index in [-0.39, 0.29) is 38.9 Å². The zero-order valence-electron chi connectivity index (χ0n) is 32.5. The first-order valence-corrected chi connectivity index (χ1v) is 19.8.